The molecule has 1 saturated heterocycles. The Kier molecular flexibility index (Phi) is 4.72. The highest BCUT2D eigenvalue weighted by molar-refractivity contribution is 5.14. The first-order valence-electron chi connectivity index (χ1n) is 6.98. The van der Waals surface area contributed by atoms with E-state index in [4.69, 9.17) is 0 Å². The molecule has 18 heavy (non-hydrogen) atoms. The SMILES string of the molecule is Cc1ccc(C(C)CCN2CCN(C)CC2)nc1. The Morgan fingerprint density at radius 1 is 1.22 bits per heavy atom. The summed E-state index contributed by atoms with van der Waals surface area (Å²) in [6, 6.07) is 4.33. The van der Waals surface area contributed by atoms with Crippen LogP contribution in [0, 0.1) is 6.92 Å². The molecule has 0 bridgehead atoms. The summed E-state index contributed by atoms with van der Waals surface area (Å²) in [5.41, 5.74) is 2.47. The van der Waals surface area contributed by atoms with Crippen molar-refractivity contribution in [2.75, 3.05) is 39.8 Å². The molecule has 100 valence electrons. The van der Waals surface area contributed by atoms with Gasteiger partial charge in [-0.05, 0) is 44.5 Å². The molecule has 2 rings (SSSR count). The molecule has 3 nitrogen and oxygen atoms in total. The minimum Gasteiger partial charge on any atom is -0.304 e. The number of hydrogen-bond acceptors (Lipinski definition) is 3. The Balaban J connectivity index is 1.77. The highest BCUT2D eigenvalue weighted by Crippen LogP contribution is 2.17. The summed E-state index contributed by atoms with van der Waals surface area (Å²) < 4.78 is 0. The minimum atomic E-state index is 0.560. The van der Waals surface area contributed by atoms with Gasteiger partial charge in [-0.15, -0.1) is 0 Å². The van der Waals surface area contributed by atoms with Crippen molar-refractivity contribution in [3.05, 3.63) is 29.6 Å². The molecule has 1 aliphatic rings. The zero-order valence-corrected chi connectivity index (χ0v) is 11.9. The number of aromatic nitrogens is 1. The molecule has 1 atom stereocenters. The summed E-state index contributed by atoms with van der Waals surface area (Å²) in [4.78, 5) is 9.51. The first kappa shape index (κ1) is 13.5. The number of rotatable bonds is 4. The molecule has 1 fully saturated rings. The van der Waals surface area contributed by atoms with Gasteiger partial charge in [0.25, 0.3) is 0 Å². The maximum atomic E-state index is 4.53. The first-order chi connectivity index (χ1) is 8.65. The second-order valence-corrected chi connectivity index (χ2v) is 5.60. The molecular formula is C15H25N3. The normalized spacial score (nSPS) is 19.9. The molecule has 0 spiro atoms. The Morgan fingerprint density at radius 3 is 2.56 bits per heavy atom. The molecule has 1 aromatic rings. The molecule has 1 unspecified atom stereocenters. The molecule has 0 N–H and O–H groups in total. The van der Waals surface area contributed by atoms with Crippen LogP contribution in [-0.4, -0.2) is 54.6 Å². The Morgan fingerprint density at radius 2 is 1.94 bits per heavy atom. The molecule has 3 heteroatoms. The van der Waals surface area contributed by atoms with E-state index in [2.05, 4.69) is 47.8 Å². The van der Waals surface area contributed by atoms with E-state index in [0.29, 0.717) is 5.92 Å². The van der Waals surface area contributed by atoms with Crippen molar-refractivity contribution in [1.29, 1.82) is 0 Å². The van der Waals surface area contributed by atoms with Crippen LogP contribution in [0.2, 0.25) is 0 Å². The first-order valence-corrected chi connectivity index (χ1v) is 6.98. The fourth-order valence-electron chi connectivity index (χ4n) is 2.37. The Labute approximate surface area is 111 Å². The quantitative estimate of drug-likeness (QED) is 0.812. The zero-order valence-electron chi connectivity index (χ0n) is 11.9. The van der Waals surface area contributed by atoms with Crippen molar-refractivity contribution in [3.8, 4) is 0 Å². The van der Waals surface area contributed by atoms with Crippen molar-refractivity contribution >= 4 is 0 Å². The van der Waals surface area contributed by atoms with E-state index < -0.39 is 0 Å². The predicted octanol–water partition coefficient (Wildman–Crippen LogP) is 2.13. The maximum absolute atomic E-state index is 4.53. The third kappa shape index (κ3) is 3.79. The van der Waals surface area contributed by atoms with Crippen LogP contribution in [0.25, 0.3) is 0 Å². The van der Waals surface area contributed by atoms with Crippen molar-refractivity contribution in [2.45, 2.75) is 26.2 Å². The average molecular weight is 247 g/mol. The lowest BCUT2D eigenvalue weighted by atomic mass is 10.0. The smallest absolute Gasteiger partial charge is 0.0432 e. The number of nitrogens with zero attached hydrogens (tertiary/aromatic N) is 3. The summed E-state index contributed by atoms with van der Waals surface area (Å²) in [6.45, 7) is 10.4. The molecule has 2 heterocycles. The van der Waals surface area contributed by atoms with E-state index in [1.54, 1.807) is 0 Å². The van der Waals surface area contributed by atoms with Crippen LogP contribution in [0.4, 0.5) is 0 Å². The number of likely N-dealkylation sites (N-methyl/N-ethyl adjacent to an activating group) is 1. The fourth-order valence-corrected chi connectivity index (χ4v) is 2.37. The topological polar surface area (TPSA) is 19.4 Å². The fraction of sp³-hybridized carbons (Fsp3) is 0.667. The van der Waals surface area contributed by atoms with Crippen molar-refractivity contribution in [1.82, 2.24) is 14.8 Å². The second kappa shape index (κ2) is 6.30. The van der Waals surface area contributed by atoms with Gasteiger partial charge in [0, 0.05) is 38.1 Å². The highest BCUT2D eigenvalue weighted by atomic mass is 15.2. The summed E-state index contributed by atoms with van der Waals surface area (Å²) in [5.74, 6) is 0.560. The Hall–Kier alpha value is -0.930. The van der Waals surface area contributed by atoms with Crippen molar-refractivity contribution in [2.24, 2.45) is 0 Å². The van der Waals surface area contributed by atoms with Gasteiger partial charge in [-0.3, -0.25) is 4.98 Å². The lowest BCUT2D eigenvalue weighted by Gasteiger charge is -2.32. The van der Waals surface area contributed by atoms with Gasteiger partial charge < -0.3 is 9.80 Å². The Bertz CT molecular complexity index is 353. The summed E-state index contributed by atoms with van der Waals surface area (Å²) in [7, 11) is 2.20. The van der Waals surface area contributed by atoms with Gasteiger partial charge in [0.05, 0.1) is 0 Å². The summed E-state index contributed by atoms with van der Waals surface area (Å²) in [5, 5.41) is 0. The van der Waals surface area contributed by atoms with Gasteiger partial charge in [0.2, 0.25) is 0 Å². The number of pyridine rings is 1. The summed E-state index contributed by atoms with van der Waals surface area (Å²) in [6.07, 6.45) is 3.18. The van der Waals surface area contributed by atoms with E-state index in [1.165, 1.54) is 50.4 Å². The zero-order chi connectivity index (χ0) is 13.0. The number of aryl methyl sites for hydroxylation is 1. The molecule has 0 radical (unpaired) electrons. The van der Waals surface area contributed by atoms with E-state index in [9.17, 15) is 0 Å². The van der Waals surface area contributed by atoms with Crippen LogP contribution in [0.3, 0.4) is 0 Å². The van der Waals surface area contributed by atoms with E-state index >= 15 is 0 Å². The molecule has 1 aromatic heterocycles. The molecule has 0 amide bonds. The molecular weight excluding hydrogens is 222 g/mol. The standard InChI is InChI=1S/C15H25N3/c1-13-4-5-15(16-12-13)14(2)6-7-18-10-8-17(3)9-11-18/h4-5,12,14H,6-11H2,1-3H3. The monoisotopic (exact) mass is 247 g/mol. The second-order valence-electron chi connectivity index (χ2n) is 5.60. The third-order valence-corrected chi connectivity index (χ3v) is 3.91. The van der Waals surface area contributed by atoms with Crippen LogP contribution < -0.4 is 0 Å². The number of hydrogen-bond donors (Lipinski definition) is 0. The van der Waals surface area contributed by atoms with Gasteiger partial charge in [0.15, 0.2) is 0 Å². The molecule has 0 aromatic carbocycles. The van der Waals surface area contributed by atoms with Crippen LogP contribution in [0.1, 0.15) is 30.5 Å². The lowest BCUT2D eigenvalue weighted by Crippen LogP contribution is -2.44. The largest absolute Gasteiger partial charge is 0.304 e. The van der Waals surface area contributed by atoms with Crippen LogP contribution in [-0.2, 0) is 0 Å². The van der Waals surface area contributed by atoms with E-state index in [-0.39, 0.29) is 0 Å². The highest BCUT2D eigenvalue weighted by Gasteiger charge is 2.15. The van der Waals surface area contributed by atoms with Gasteiger partial charge in [-0.25, -0.2) is 0 Å². The van der Waals surface area contributed by atoms with Crippen LogP contribution >= 0.6 is 0 Å². The van der Waals surface area contributed by atoms with Crippen LogP contribution in [0.15, 0.2) is 18.3 Å². The van der Waals surface area contributed by atoms with Crippen molar-refractivity contribution in [3.63, 3.8) is 0 Å². The molecule has 0 saturated carbocycles. The molecule has 0 aliphatic carbocycles. The van der Waals surface area contributed by atoms with Gasteiger partial charge >= 0.3 is 0 Å². The van der Waals surface area contributed by atoms with Gasteiger partial charge in [-0.1, -0.05) is 13.0 Å². The van der Waals surface area contributed by atoms with E-state index in [1.807, 2.05) is 6.20 Å². The maximum Gasteiger partial charge on any atom is 0.0432 e. The van der Waals surface area contributed by atoms with Crippen molar-refractivity contribution < 1.29 is 0 Å². The predicted molar refractivity (Wildman–Crippen MR) is 75.9 cm³/mol. The summed E-state index contributed by atoms with van der Waals surface area (Å²) >= 11 is 0. The number of piperazine rings is 1. The minimum absolute atomic E-state index is 0.560. The lowest BCUT2D eigenvalue weighted by molar-refractivity contribution is 0.151. The third-order valence-electron chi connectivity index (χ3n) is 3.91. The van der Waals surface area contributed by atoms with Gasteiger partial charge in [-0.2, -0.15) is 0 Å². The average Bonchev–Trinajstić information content (AvgIpc) is 2.38. The van der Waals surface area contributed by atoms with Gasteiger partial charge in [0.1, 0.15) is 0 Å². The van der Waals surface area contributed by atoms with E-state index in [0.717, 1.165) is 0 Å². The molecule has 1 aliphatic heterocycles. The van der Waals surface area contributed by atoms with Crippen LogP contribution in [0.5, 0.6) is 0 Å².